The summed E-state index contributed by atoms with van der Waals surface area (Å²) in [5.74, 6) is -1.02. The normalized spacial score (nSPS) is 17.3. The minimum absolute atomic E-state index is 0.515. The number of pyridine rings is 1. The van der Waals surface area contributed by atoms with E-state index < -0.39 is 11.6 Å². The maximum absolute atomic E-state index is 11.7. The van der Waals surface area contributed by atoms with Crippen molar-refractivity contribution in [2.24, 2.45) is 0 Å². The third-order valence-electron chi connectivity index (χ3n) is 5.11. The van der Waals surface area contributed by atoms with Gasteiger partial charge >= 0.3 is 5.97 Å². The molecule has 5 nitrogen and oxygen atoms in total. The molecule has 1 unspecified atom stereocenters. The number of carbonyl (C=O) groups is 1. The number of aliphatic hydroxyl groups is 1. The Morgan fingerprint density at radius 1 is 1.19 bits per heavy atom. The zero-order chi connectivity index (χ0) is 19.3. The van der Waals surface area contributed by atoms with Crippen LogP contribution in [0.4, 0.5) is 0 Å². The fourth-order valence-corrected chi connectivity index (χ4v) is 3.51. The Labute approximate surface area is 160 Å². The van der Waals surface area contributed by atoms with Gasteiger partial charge in [0.1, 0.15) is 5.60 Å². The Morgan fingerprint density at radius 2 is 1.89 bits per heavy atom. The van der Waals surface area contributed by atoms with Gasteiger partial charge in [-0.1, -0.05) is 35.9 Å². The summed E-state index contributed by atoms with van der Waals surface area (Å²) >= 11 is 0. The molecule has 1 aromatic carbocycles. The Bertz CT molecular complexity index is 811. The van der Waals surface area contributed by atoms with E-state index in [9.17, 15) is 9.90 Å². The lowest BCUT2D eigenvalue weighted by Gasteiger charge is -2.30. The summed E-state index contributed by atoms with van der Waals surface area (Å²) in [6, 6.07) is 13.2. The first kappa shape index (κ1) is 19.3. The predicted octanol–water partition coefficient (Wildman–Crippen LogP) is 3.21. The number of carboxylic acids is 1. The highest BCUT2D eigenvalue weighted by Crippen LogP contribution is 2.33. The van der Waals surface area contributed by atoms with Crippen molar-refractivity contribution in [3.05, 3.63) is 71.1 Å². The van der Waals surface area contributed by atoms with Crippen LogP contribution < -0.4 is 0 Å². The number of likely N-dealkylation sites (tertiary alicyclic amines) is 1. The summed E-state index contributed by atoms with van der Waals surface area (Å²) in [6.07, 6.45) is 5.45. The van der Waals surface area contributed by atoms with Gasteiger partial charge in [-0.3, -0.25) is 4.98 Å². The van der Waals surface area contributed by atoms with Gasteiger partial charge < -0.3 is 15.1 Å². The molecule has 0 bridgehead atoms. The van der Waals surface area contributed by atoms with Crippen LogP contribution in [0.3, 0.4) is 0 Å². The molecule has 1 atom stereocenters. The highest BCUT2D eigenvalue weighted by molar-refractivity contribution is 5.84. The Hall–Kier alpha value is -2.50. The summed E-state index contributed by atoms with van der Waals surface area (Å²) < 4.78 is 0. The fraction of sp³-hybridized carbons (Fsp3) is 0.364. The van der Waals surface area contributed by atoms with Gasteiger partial charge in [0.15, 0.2) is 0 Å². The average molecular weight is 366 g/mol. The van der Waals surface area contributed by atoms with Crippen molar-refractivity contribution in [2.75, 3.05) is 19.6 Å². The molecule has 2 N–H and O–H groups in total. The zero-order valence-corrected chi connectivity index (χ0v) is 15.6. The molecular weight excluding hydrogens is 340 g/mol. The predicted molar refractivity (Wildman–Crippen MR) is 105 cm³/mol. The first-order valence-corrected chi connectivity index (χ1v) is 9.38. The van der Waals surface area contributed by atoms with Crippen molar-refractivity contribution >= 4 is 12.0 Å². The molecule has 2 aromatic rings. The second kappa shape index (κ2) is 8.46. The molecule has 0 saturated carbocycles. The van der Waals surface area contributed by atoms with Crippen molar-refractivity contribution < 1.29 is 15.0 Å². The smallest absolute Gasteiger partial charge is 0.328 e. The second-order valence-electron chi connectivity index (χ2n) is 7.14. The van der Waals surface area contributed by atoms with E-state index in [0.29, 0.717) is 17.8 Å². The van der Waals surface area contributed by atoms with E-state index in [2.05, 4.69) is 9.88 Å². The number of aliphatic carboxylic acids is 1. The summed E-state index contributed by atoms with van der Waals surface area (Å²) in [5, 5.41) is 20.5. The van der Waals surface area contributed by atoms with Crippen LogP contribution in [0.5, 0.6) is 0 Å². The molecule has 2 heterocycles. The maximum Gasteiger partial charge on any atom is 0.328 e. The van der Waals surface area contributed by atoms with E-state index in [1.807, 2.05) is 37.3 Å². The van der Waals surface area contributed by atoms with Gasteiger partial charge in [-0.15, -0.1) is 0 Å². The molecule has 1 saturated heterocycles. The number of aromatic nitrogens is 1. The van der Waals surface area contributed by atoms with Gasteiger partial charge in [-0.05, 0) is 63.0 Å². The number of carboxylic acid groups (broad SMARTS) is 1. The van der Waals surface area contributed by atoms with Crippen molar-refractivity contribution in [1.29, 1.82) is 0 Å². The van der Waals surface area contributed by atoms with Gasteiger partial charge in [0.25, 0.3) is 0 Å². The van der Waals surface area contributed by atoms with E-state index in [1.54, 1.807) is 12.1 Å². The van der Waals surface area contributed by atoms with Gasteiger partial charge in [0, 0.05) is 12.6 Å². The van der Waals surface area contributed by atoms with Gasteiger partial charge in [-0.2, -0.15) is 0 Å². The summed E-state index contributed by atoms with van der Waals surface area (Å²) in [4.78, 5) is 17.7. The number of nitrogens with zero attached hydrogens (tertiary/aromatic N) is 2. The topological polar surface area (TPSA) is 73.7 Å². The number of hydrogen-bond donors (Lipinski definition) is 2. The molecule has 5 heteroatoms. The molecule has 0 spiro atoms. The monoisotopic (exact) mass is 366 g/mol. The number of benzene rings is 1. The van der Waals surface area contributed by atoms with E-state index in [1.165, 1.54) is 18.9 Å². The SMILES string of the molecule is Cc1ccc(C(O)(CCN2CCCC2)c2cccc(C=CC(=O)O)n2)cc1. The van der Waals surface area contributed by atoms with Crippen LogP contribution in [-0.4, -0.2) is 45.7 Å². The third kappa shape index (κ3) is 4.81. The van der Waals surface area contributed by atoms with Crippen LogP contribution in [-0.2, 0) is 10.4 Å². The molecule has 1 aliphatic rings. The largest absolute Gasteiger partial charge is 0.478 e. The molecule has 0 radical (unpaired) electrons. The quantitative estimate of drug-likeness (QED) is 0.736. The van der Waals surface area contributed by atoms with E-state index in [0.717, 1.165) is 36.8 Å². The number of rotatable bonds is 7. The highest BCUT2D eigenvalue weighted by Gasteiger charge is 2.33. The number of hydrogen-bond acceptors (Lipinski definition) is 4. The maximum atomic E-state index is 11.7. The van der Waals surface area contributed by atoms with E-state index in [-0.39, 0.29) is 0 Å². The summed E-state index contributed by atoms with van der Waals surface area (Å²) in [7, 11) is 0. The lowest BCUT2D eigenvalue weighted by molar-refractivity contribution is -0.131. The average Bonchev–Trinajstić information content (AvgIpc) is 3.19. The van der Waals surface area contributed by atoms with Crippen molar-refractivity contribution in [2.45, 2.75) is 31.8 Å². The standard InChI is InChI=1S/C22H26N2O3/c1-17-7-9-18(10-8-17)22(27,13-16-24-14-2-3-15-24)20-6-4-5-19(23-20)11-12-21(25)26/h4-12,27H,2-3,13-16H2,1H3,(H,25,26). The van der Waals surface area contributed by atoms with Crippen molar-refractivity contribution in [3.8, 4) is 0 Å². The van der Waals surface area contributed by atoms with E-state index >= 15 is 0 Å². The van der Waals surface area contributed by atoms with Crippen LogP contribution in [0.15, 0.2) is 48.5 Å². The van der Waals surface area contributed by atoms with Crippen molar-refractivity contribution in [3.63, 3.8) is 0 Å². The lowest BCUT2D eigenvalue weighted by Crippen LogP contribution is -2.34. The van der Waals surface area contributed by atoms with Crippen LogP contribution in [0, 0.1) is 6.92 Å². The van der Waals surface area contributed by atoms with Gasteiger partial charge in [-0.25, -0.2) is 4.79 Å². The zero-order valence-electron chi connectivity index (χ0n) is 15.6. The number of aryl methyl sites for hydroxylation is 1. The molecule has 1 aromatic heterocycles. The molecule has 27 heavy (non-hydrogen) atoms. The van der Waals surface area contributed by atoms with Gasteiger partial charge in [0.05, 0.1) is 11.4 Å². The molecule has 1 aliphatic heterocycles. The van der Waals surface area contributed by atoms with Crippen LogP contribution in [0.2, 0.25) is 0 Å². The fourth-order valence-electron chi connectivity index (χ4n) is 3.51. The van der Waals surface area contributed by atoms with Crippen LogP contribution in [0.25, 0.3) is 6.08 Å². The Morgan fingerprint density at radius 3 is 2.56 bits per heavy atom. The molecule has 142 valence electrons. The minimum atomic E-state index is -1.22. The molecular formula is C22H26N2O3. The Kier molecular flexibility index (Phi) is 6.04. The van der Waals surface area contributed by atoms with Crippen LogP contribution >= 0.6 is 0 Å². The first-order chi connectivity index (χ1) is 13.0. The summed E-state index contributed by atoms with van der Waals surface area (Å²) in [6.45, 7) is 4.95. The molecule has 0 amide bonds. The van der Waals surface area contributed by atoms with Crippen molar-refractivity contribution in [1.82, 2.24) is 9.88 Å². The first-order valence-electron chi connectivity index (χ1n) is 9.38. The van der Waals surface area contributed by atoms with Gasteiger partial charge in [0.2, 0.25) is 0 Å². The highest BCUT2D eigenvalue weighted by atomic mass is 16.4. The molecule has 1 fully saturated rings. The Balaban J connectivity index is 1.94. The minimum Gasteiger partial charge on any atom is -0.478 e. The second-order valence-corrected chi connectivity index (χ2v) is 7.14. The molecule has 3 rings (SSSR count). The summed E-state index contributed by atoms with van der Waals surface area (Å²) in [5.41, 5.74) is 1.77. The van der Waals surface area contributed by atoms with Crippen LogP contribution in [0.1, 0.15) is 41.8 Å². The lowest BCUT2D eigenvalue weighted by atomic mass is 9.86. The van der Waals surface area contributed by atoms with E-state index in [4.69, 9.17) is 5.11 Å². The molecule has 0 aliphatic carbocycles. The third-order valence-corrected chi connectivity index (χ3v) is 5.11.